The molecule has 0 atom stereocenters. The van der Waals surface area contributed by atoms with Crippen molar-refractivity contribution in [1.29, 1.82) is 0 Å². The van der Waals surface area contributed by atoms with Crippen molar-refractivity contribution in [3.63, 3.8) is 0 Å². The summed E-state index contributed by atoms with van der Waals surface area (Å²) >= 11 is 0. The van der Waals surface area contributed by atoms with E-state index >= 15 is 0 Å². The van der Waals surface area contributed by atoms with Crippen LogP contribution in [0.25, 0.3) is 0 Å². The Morgan fingerprint density at radius 3 is 1.20 bits per heavy atom. The molecular weight excluding hydrogens is 463 g/mol. The molecule has 0 saturated carbocycles. The first kappa shape index (κ1) is 33.9. The molecule has 0 spiro atoms. The van der Waals surface area contributed by atoms with Crippen molar-refractivity contribution in [2.24, 2.45) is 0 Å². The Morgan fingerprint density at radius 2 is 1.03 bits per heavy atom. The largest absolute Gasteiger partial charge is 0.559 e. The maximum Gasteiger partial charge on any atom is 0.559 e. The number of ether oxygens (including phenoxy) is 1. The number of nitrogens with zero attached hydrogens (tertiary/aromatic N) is 3. The van der Waals surface area contributed by atoms with Gasteiger partial charge in [-0.25, -0.2) is 4.39 Å². The number of hydrogen-bond acceptors (Lipinski definition) is 4. The predicted molar refractivity (Wildman–Crippen MR) is 92.3 cm³/mol. The second kappa shape index (κ2) is 14.4. The van der Waals surface area contributed by atoms with E-state index in [-0.39, 0.29) is 6.67 Å². The molecule has 0 N–H and O–H groups in total. The van der Waals surface area contributed by atoms with Crippen LogP contribution in [0.2, 0.25) is 6.04 Å². The molecule has 0 aliphatic rings. The van der Waals surface area contributed by atoms with E-state index in [1.807, 2.05) is 42.3 Å². The summed E-state index contributed by atoms with van der Waals surface area (Å²) in [7, 11) is 10.3. The van der Waals surface area contributed by atoms with Crippen LogP contribution in [0.15, 0.2) is 0 Å². The van der Waals surface area contributed by atoms with Gasteiger partial charge in [-0.15, -0.1) is 17.6 Å². The van der Waals surface area contributed by atoms with E-state index in [1.54, 1.807) is 0 Å². The van der Waals surface area contributed by atoms with Gasteiger partial charge < -0.3 is 18.4 Å². The number of alkyl halides is 11. The molecule has 0 aromatic heterocycles. The van der Waals surface area contributed by atoms with E-state index in [4.69, 9.17) is 0 Å². The summed E-state index contributed by atoms with van der Waals surface area (Å²) in [4.78, 5) is 0. The quantitative estimate of drug-likeness (QED) is 0.348. The second-order valence-corrected chi connectivity index (χ2v) is 11.0. The van der Waals surface area contributed by atoms with Crippen LogP contribution in [-0.4, -0.2) is 103 Å². The Morgan fingerprint density at radius 1 is 0.700 bits per heavy atom. The number of hydrogen-bond donors (Lipinski definition) is 0. The van der Waals surface area contributed by atoms with E-state index in [0.717, 1.165) is 0 Å². The van der Waals surface area contributed by atoms with E-state index in [1.165, 1.54) is 0 Å². The molecule has 16 heteroatoms. The highest BCUT2D eigenvalue weighted by Crippen LogP contribution is 2.22. The second-order valence-electron chi connectivity index (χ2n) is 6.31. The normalized spacial score (nSPS) is 13.2. The highest BCUT2D eigenvalue weighted by Gasteiger charge is 2.42. The maximum atomic E-state index is 12.5. The fraction of sp³-hybridized carbons (Fsp3) is 1.00. The summed E-state index contributed by atoms with van der Waals surface area (Å²) in [6.45, 7) is -3.61. The molecule has 0 heterocycles. The molecule has 30 heavy (non-hydrogen) atoms. The molecule has 0 fully saturated rings. The standard InChI is InChI=1S/C8H22FN3Si.C5H6F6O.CF4/c1-10(2)13(8-7-9,11(3)4)12(5)6;6-3-5(10,11)12-2-1-4(7,8)9;2-1(3,4)5/h7-8H2,1-6H3;1-3H2;. The van der Waals surface area contributed by atoms with Gasteiger partial charge in [0.2, 0.25) is 0 Å². The molecule has 4 nitrogen and oxygen atoms in total. The smallest absolute Gasteiger partial charge is 0.318 e. The molecule has 0 bridgehead atoms. The van der Waals surface area contributed by atoms with E-state index in [9.17, 15) is 48.3 Å². The molecule has 0 aromatic rings. The lowest BCUT2D eigenvalue weighted by Gasteiger charge is -2.46. The third-order valence-electron chi connectivity index (χ3n) is 3.43. The Bertz CT molecular complexity index is 405. The average molecular weight is 491 g/mol. The van der Waals surface area contributed by atoms with Gasteiger partial charge in [-0.3, -0.25) is 4.39 Å². The van der Waals surface area contributed by atoms with E-state index in [0.29, 0.717) is 6.04 Å². The summed E-state index contributed by atoms with van der Waals surface area (Å²) in [6, 6.07) is 0.625. The van der Waals surface area contributed by atoms with Crippen molar-refractivity contribution in [3.05, 3.63) is 0 Å². The molecular formula is C14H28F11N3OSi. The maximum absolute atomic E-state index is 12.5. The Labute approximate surface area is 169 Å². The van der Waals surface area contributed by atoms with Crippen LogP contribution >= 0.6 is 0 Å². The van der Waals surface area contributed by atoms with Crippen molar-refractivity contribution in [2.75, 3.05) is 62.2 Å². The van der Waals surface area contributed by atoms with Gasteiger partial charge in [0, 0.05) is 6.04 Å². The van der Waals surface area contributed by atoms with Crippen molar-refractivity contribution in [2.45, 2.75) is 31.2 Å². The van der Waals surface area contributed by atoms with Crippen LogP contribution in [0, 0.1) is 0 Å². The Balaban J connectivity index is -0.000000399. The van der Waals surface area contributed by atoms with Crippen LogP contribution < -0.4 is 0 Å². The minimum absolute atomic E-state index is 0.249. The molecule has 0 aliphatic carbocycles. The van der Waals surface area contributed by atoms with E-state index < -0.39 is 47.0 Å². The first-order chi connectivity index (χ1) is 13.2. The SMILES string of the molecule is CN(C)[Si](CCF)(N(C)C)N(C)C.FC(F)(F)F.FCC(F)(F)OCCC(F)(F)F. The zero-order valence-corrected chi connectivity index (χ0v) is 18.4. The third-order valence-corrected chi connectivity index (χ3v) is 8.59. The average Bonchev–Trinajstić information content (AvgIpc) is 2.49. The molecule has 0 radical (unpaired) electrons. The molecule has 0 saturated heterocycles. The lowest BCUT2D eigenvalue weighted by Crippen LogP contribution is -2.69. The van der Waals surface area contributed by atoms with Gasteiger partial charge >= 0.3 is 18.7 Å². The van der Waals surface area contributed by atoms with Crippen molar-refractivity contribution >= 4 is 8.56 Å². The van der Waals surface area contributed by atoms with Crippen LogP contribution in [0.5, 0.6) is 0 Å². The predicted octanol–water partition coefficient (Wildman–Crippen LogP) is 4.57. The van der Waals surface area contributed by atoms with Gasteiger partial charge in [-0.2, -0.15) is 22.0 Å². The Hall–Kier alpha value is -0.713. The van der Waals surface area contributed by atoms with Gasteiger partial charge in [0.25, 0.3) is 8.56 Å². The first-order valence-corrected chi connectivity index (χ1v) is 10.2. The highest BCUT2D eigenvalue weighted by molar-refractivity contribution is 6.71. The van der Waals surface area contributed by atoms with Crippen LogP contribution in [0.1, 0.15) is 6.42 Å². The van der Waals surface area contributed by atoms with Gasteiger partial charge in [-0.1, -0.05) is 0 Å². The zero-order chi connectivity index (χ0) is 25.0. The third kappa shape index (κ3) is 18.1. The minimum Gasteiger partial charge on any atom is -0.318 e. The summed E-state index contributed by atoms with van der Waals surface area (Å²) in [5.74, 6) is 0. The van der Waals surface area contributed by atoms with Crippen LogP contribution in [0.4, 0.5) is 48.3 Å². The topological polar surface area (TPSA) is 19.0 Å². The van der Waals surface area contributed by atoms with Crippen LogP contribution in [-0.2, 0) is 4.74 Å². The van der Waals surface area contributed by atoms with Gasteiger partial charge in [0.05, 0.1) is 19.7 Å². The zero-order valence-electron chi connectivity index (χ0n) is 17.4. The van der Waals surface area contributed by atoms with E-state index in [2.05, 4.69) is 18.4 Å². The minimum atomic E-state index is -5.50. The molecule has 186 valence electrons. The summed E-state index contributed by atoms with van der Waals surface area (Å²) in [5, 5.41) is 0. The lowest BCUT2D eigenvalue weighted by molar-refractivity contribution is -0.257. The molecule has 0 amide bonds. The molecule has 0 unspecified atom stereocenters. The fourth-order valence-corrected chi connectivity index (χ4v) is 6.35. The number of halogens is 11. The van der Waals surface area contributed by atoms with Gasteiger partial charge in [0.1, 0.15) is 0 Å². The lowest BCUT2D eigenvalue weighted by atomic mass is 10.4. The molecule has 0 aromatic carbocycles. The fourth-order valence-electron chi connectivity index (χ4n) is 2.35. The van der Waals surface area contributed by atoms with Gasteiger partial charge in [0.15, 0.2) is 6.67 Å². The first-order valence-electron chi connectivity index (χ1n) is 8.14. The molecule has 0 rings (SSSR count). The summed E-state index contributed by atoms with van der Waals surface area (Å²) in [5.41, 5.74) is 0. The van der Waals surface area contributed by atoms with Crippen LogP contribution in [0.3, 0.4) is 0 Å². The number of rotatable bonds is 9. The summed E-state index contributed by atoms with van der Waals surface area (Å²) < 4.78 is 130. The molecule has 0 aliphatic heterocycles. The van der Waals surface area contributed by atoms with Crippen molar-refractivity contribution in [3.8, 4) is 0 Å². The Kier molecular flexibility index (Phi) is 16.2. The van der Waals surface area contributed by atoms with Gasteiger partial charge in [-0.05, 0) is 42.3 Å². The summed E-state index contributed by atoms with van der Waals surface area (Å²) in [6.07, 6.45) is -15.7. The van der Waals surface area contributed by atoms with Crippen molar-refractivity contribution < 1.29 is 53.0 Å². The van der Waals surface area contributed by atoms with Crippen molar-refractivity contribution in [1.82, 2.24) is 13.7 Å². The highest BCUT2D eigenvalue weighted by atomic mass is 28.4. The monoisotopic (exact) mass is 491 g/mol.